The molecule has 2 aromatic rings. The zero-order valence-corrected chi connectivity index (χ0v) is 23.2. The fourth-order valence-electron chi connectivity index (χ4n) is 3.72. The molecule has 218 valence electrons. The summed E-state index contributed by atoms with van der Waals surface area (Å²) in [5, 5.41) is 11.2. The Hall–Kier alpha value is -4.12. The number of hydrogen-bond acceptors (Lipinski definition) is 7. The van der Waals surface area contributed by atoms with E-state index in [1.165, 1.54) is 5.56 Å². The Morgan fingerprint density at radius 2 is 1.48 bits per heavy atom. The average molecular weight is 557 g/mol. The first-order chi connectivity index (χ1) is 19.1. The van der Waals surface area contributed by atoms with Crippen molar-refractivity contribution in [2.45, 2.75) is 39.3 Å². The highest BCUT2D eigenvalue weighted by atomic mass is 16.5. The molecule has 0 aromatic heterocycles. The number of primary amides is 1. The third kappa shape index (κ3) is 13.1. The second-order valence-electron chi connectivity index (χ2n) is 9.78. The normalized spacial score (nSPS) is 13.9. The number of carbonyl (C=O) groups excluding carboxylic acids is 3. The maximum absolute atomic E-state index is 11.6. The molecule has 1 aliphatic rings. The predicted octanol–water partition coefficient (Wildman–Crippen LogP) is 2.88. The van der Waals surface area contributed by atoms with Crippen molar-refractivity contribution in [2.24, 2.45) is 11.7 Å². The maximum Gasteiger partial charge on any atom is 0.408 e. The lowest BCUT2D eigenvalue weighted by molar-refractivity contribution is -0.150. The highest BCUT2D eigenvalue weighted by Crippen LogP contribution is 2.06. The quantitative estimate of drug-likeness (QED) is 0.358. The van der Waals surface area contributed by atoms with Crippen molar-refractivity contribution in [1.82, 2.24) is 15.1 Å². The second kappa shape index (κ2) is 17.5. The Balaban J connectivity index is 0.000000292. The number of amides is 3. The number of piperazine rings is 1. The summed E-state index contributed by atoms with van der Waals surface area (Å²) >= 11 is 0. The van der Waals surface area contributed by atoms with Crippen LogP contribution in [0.2, 0.25) is 0 Å². The van der Waals surface area contributed by atoms with Crippen LogP contribution in [0.4, 0.5) is 9.59 Å². The van der Waals surface area contributed by atoms with Gasteiger partial charge in [0.25, 0.3) is 0 Å². The van der Waals surface area contributed by atoms with E-state index in [1.807, 2.05) is 26.0 Å². The molecular formula is C29H40N4O7. The predicted molar refractivity (Wildman–Crippen MR) is 149 cm³/mol. The van der Waals surface area contributed by atoms with Crippen molar-refractivity contribution < 1.29 is 33.8 Å². The summed E-state index contributed by atoms with van der Waals surface area (Å²) in [5.41, 5.74) is 7.38. The summed E-state index contributed by atoms with van der Waals surface area (Å²) in [5.74, 6) is -1.87. The highest BCUT2D eigenvalue weighted by Gasteiger charge is 2.25. The minimum absolute atomic E-state index is 0.0107. The minimum atomic E-state index is -1.39. The lowest BCUT2D eigenvalue weighted by atomic mass is 10.1. The van der Waals surface area contributed by atoms with Gasteiger partial charge in [0.1, 0.15) is 12.6 Å². The molecule has 2 aromatic carbocycles. The maximum atomic E-state index is 11.6. The van der Waals surface area contributed by atoms with E-state index in [4.69, 9.17) is 20.3 Å². The molecule has 0 unspecified atom stereocenters. The Morgan fingerprint density at radius 1 is 0.900 bits per heavy atom. The van der Waals surface area contributed by atoms with Crippen LogP contribution in [0.5, 0.6) is 0 Å². The van der Waals surface area contributed by atoms with Gasteiger partial charge >= 0.3 is 24.1 Å². The summed E-state index contributed by atoms with van der Waals surface area (Å²) < 4.78 is 9.82. The van der Waals surface area contributed by atoms with E-state index >= 15 is 0 Å². The van der Waals surface area contributed by atoms with Crippen molar-refractivity contribution in [1.29, 1.82) is 0 Å². The SMILES string of the molecule is CC(C)COC(=O)C[C@H](NC(=O)OCc1ccccc1)C(=O)O.NC(=O)N1CCN(CCc2ccccc2)CC1. The van der Waals surface area contributed by atoms with Gasteiger partial charge in [-0.1, -0.05) is 74.5 Å². The summed E-state index contributed by atoms with van der Waals surface area (Å²) in [7, 11) is 0. The first-order valence-electron chi connectivity index (χ1n) is 13.3. The van der Waals surface area contributed by atoms with E-state index in [-0.39, 0.29) is 25.2 Å². The summed E-state index contributed by atoms with van der Waals surface area (Å²) in [6.07, 6.45) is -0.294. The first kappa shape index (κ1) is 32.1. The van der Waals surface area contributed by atoms with Crippen molar-refractivity contribution in [3.05, 3.63) is 71.8 Å². The van der Waals surface area contributed by atoms with Gasteiger partial charge in [-0.3, -0.25) is 9.69 Å². The summed E-state index contributed by atoms with van der Waals surface area (Å²) in [6.45, 7) is 8.35. The number of benzene rings is 2. The molecule has 1 saturated heterocycles. The Morgan fingerprint density at radius 3 is 2.00 bits per heavy atom. The van der Waals surface area contributed by atoms with Crippen molar-refractivity contribution in [2.75, 3.05) is 39.3 Å². The standard InChI is InChI=1S/C16H21NO6.C13H19N3O/c1-11(2)9-22-14(18)8-13(15(19)20)17-16(21)23-10-12-6-4-3-5-7-12;14-13(17)16-10-8-15(9-11-16)7-6-12-4-2-1-3-5-12/h3-7,11,13H,8-10H2,1-2H3,(H,17,21)(H,19,20);1-5H,6-11H2,(H2,14,17)/t13-;/m0./s1. The van der Waals surface area contributed by atoms with Gasteiger partial charge in [-0.15, -0.1) is 0 Å². The van der Waals surface area contributed by atoms with E-state index in [2.05, 4.69) is 34.5 Å². The van der Waals surface area contributed by atoms with Crippen LogP contribution in [-0.4, -0.2) is 84.3 Å². The van der Waals surface area contributed by atoms with Crippen molar-refractivity contribution in [3.8, 4) is 0 Å². The highest BCUT2D eigenvalue weighted by molar-refractivity contribution is 5.85. The number of alkyl carbamates (subject to hydrolysis) is 1. The van der Waals surface area contributed by atoms with Crippen LogP contribution in [0, 0.1) is 5.92 Å². The van der Waals surface area contributed by atoms with E-state index in [9.17, 15) is 19.2 Å². The molecule has 1 atom stereocenters. The van der Waals surface area contributed by atoms with Crippen molar-refractivity contribution >= 4 is 24.1 Å². The topological polar surface area (TPSA) is 152 Å². The number of nitrogens with two attached hydrogens (primary N) is 1. The summed E-state index contributed by atoms with van der Waals surface area (Å²) in [6, 6.07) is 17.7. The molecule has 1 fully saturated rings. The average Bonchev–Trinajstić information content (AvgIpc) is 2.95. The van der Waals surface area contributed by atoms with Crippen LogP contribution in [0.1, 0.15) is 31.4 Å². The number of nitrogens with zero attached hydrogens (tertiary/aromatic N) is 2. The first-order valence-corrected chi connectivity index (χ1v) is 13.3. The van der Waals surface area contributed by atoms with Crippen molar-refractivity contribution in [3.63, 3.8) is 0 Å². The molecule has 11 heteroatoms. The van der Waals surface area contributed by atoms with Crippen LogP contribution in [0.25, 0.3) is 0 Å². The van der Waals surface area contributed by atoms with Gasteiger partial charge in [-0.2, -0.15) is 0 Å². The number of aliphatic carboxylic acids is 1. The van der Waals surface area contributed by atoms with Gasteiger partial charge in [-0.25, -0.2) is 14.4 Å². The lowest BCUT2D eigenvalue weighted by Crippen LogP contribution is -2.50. The number of carboxylic acids is 1. The molecule has 3 amide bonds. The van der Waals surface area contributed by atoms with Gasteiger partial charge in [0.2, 0.25) is 0 Å². The molecule has 0 saturated carbocycles. The van der Waals surface area contributed by atoms with Gasteiger partial charge in [0, 0.05) is 32.7 Å². The molecule has 3 rings (SSSR count). The Bertz CT molecular complexity index is 1060. The summed E-state index contributed by atoms with van der Waals surface area (Å²) in [4.78, 5) is 49.3. The molecule has 40 heavy (non-hydrogen) atoms. The molecule has 1 heterocycles. The number of ether oxygens (including phenoxy) is 2. The minimum Gasteiger partial charge on any atom is -0.480 e. The number of carboxylic acid groups (broad SMARTS) is 1. The molecule has 4 N–H and O–H groups in total. The number of rotatable bonds is 11. The number of hydrogen-bond donors (Lipinski definition) is 3. The van der Waals surface area contributed by atoms with Crippen LogP contribution in [0.3, 0.4) is 0 Å². The number of carbonyl (C=O) groups is 4. The molecular weight excluding hydrogens is 516 g/mol. The smallest absolute Gasteiger partial charge is 0.408 e. The molecule has 0 bridgehead atoms. The van der Waals surface area contributed by atoms with Crippen LogP contribution in [-0.2, 0) is 32.1 Å². The lowest BCUT2D eigenvalue weighted by Gasteiger charge is -2.33. The largest absolute Gasteiger partial charge is 0.480 e. The molecule has 0 radical (unpaired) electrons. The van der Waals surface area contributed by atoms with Gasteiger partial charge < -0.3 is 30.5 Å². The number of nitrogens with one attached hydrogen (secondary N) is 1. The number of esters is 1. The van der Waals surface area contributed by atoms with E-state index in [0.717, 1.165) is 44.7 Å². The fourth-order valence-corrected chi connectivity index (χ4v) is 3.72. The molecule has 11 nitrogen and oxygen atoms in total. The zero-order valence-electron chi connectivity index (χ0n) is 23.2. The van der Waals surface area contributed by atoms with Gasteiger partial charge in [0.15, 0.2) is 0 Å². The fraction of sp³-hybridized carbons (Fsp3) is 0.448. The zero-order chi connectivity index (χ0) is 29.3. The monoisotopic (exact) mass is 556 g/mol. The van der Waals surface area contributed by atoms with E-state index < -0.39 is 30.5 Å². The van der Waals surface area contributed by atoms with Gasteiger partial charge in [-0.05, 0) is 23.5 Å². The number of urea groups is 1. The van der Waals surface area contributed by atoms with Crippen LogP contribution in [0.15, 0.2) is 60.7 Å². The van der Waals surface area contributed by atoms with Gasteiger partial charge in [0.05, 0.1) is 13.0 Å². The third-order valence-electron chi connectivity index (χ3n) is 5.99. The Labute approximate surface area is 235 Å². The molecule has 0 spiro atoms. The third-order valence-corrected chi connectivity index (χ3v) is 5.99. The van der Waals surface area contributed by atoms with E-state index in [0.29, 0.717) is 0 Å². The van der Waals surface area contributed by atoms with Crippen LogP contribution < -0.4 is 11.1 Å². The van der Waals surface area contributed by atoms with E-state index in [1.54, 1.807) is 29.2 Å². The van der Waals surface area contributed by atoms with Crippen LogP contribution >= 0.6 is 0 Å². The second-order valence-corrected chi connectivity index (χ2v) is 9.78. The Kier molecular flexibility index (Phi) is 14.0. The molecule has 0 aliphatic carbocycles. The molecule has 1 aliphatic heterocycles.